The fourth-order valence-electron chi connectivity index (χ4n) is 7.22. The monoisotopic (exact) mass is 617 g/mol. The van der Waals surface area contributed by atoms with Crippen LogP contribution in [0.2, 0.25) is 0 Å². The van der Waals surface area contributed by atoms with E-state index in [9.17, 15) is 0 Å². The second-order valence-corrected chi connectivity index (χ2v) is 12.3. The molecule has 0 saturated heterocycles. The lowest BCUT2D eigenvalue weighted by molar-refractivity contribution is 0.668. The Morgan fingerprint density at radius 1 is 0.458 bits per heavy atom. The first kappa shape index (κ1) is 26.8. The van der Waals surface area contributed by atoms with Crippen molar-refractivity contribution in [3.63, 3.8) is 0 Å². The summed E-state index contributed by atoms with van der Waals surface area (Å²) in [7, 11) is 0. The van der Waals surface area contributed by atoms with Gasteiger partial charge in [0.25, 0.3) is 0 Å². The third-order valence-electron chi connectivity index (χ3n) is 9.47. The Hall–Kier alpha value is -6.33. The van der Waals surface area contributed by atoms with E-state index in [-0.39, 0.29) is 5.92 Å². The van der Waals surface area contributed by atoms with E-state index in [0.717, 1.165) is 89.1 Å². The Morgan fingerprint density at radius 2 is 1.08 bits per heavy atom. The molecule has 1 aliphatic carbocycles. The van der Waals surface area contributed by atoms with Gasteiger partial charge >= 0.3 is 0 Å². The van der Waals surface area contributed by atoms with Crippen molar-refractivity contribution in [2.24, 2.45) is 0 Å². The van der Waals surface area contributed by atoms with Crippen molar-refractivity contribution >= 4 is 54.6 Å². The van der Waals surface area contributed by atoms with Gasteiger partial charge < -0.3 is 8.83 Å². The van der Waals surface area contributed by atoms with E-state index < -0.39 is 0 Å². The van der Waals surface area contributed by atoms with Gasteiger partial charge in [-0.2, -0.15) is 0 Å². The first-order valence-corrected chi connectivity index (χ1v) is 16.2. The van der Waals surface area contributed by atoms with Crippen LogP contribution in [0.3, 0.4) is 0 Å². The van der Waals surface area contributed by atoms with Crippen LogP contribution in [0.25, 0.3) is 88.6 Å². The van der Waals surface area contributed by atoms with E-state index in [2.05, 4.69) is 103 Å². The Bertz CT molecular complexity index is 2780. The van der Waals surface area contributed by atoms with Gasteiger partial charge in [0.2, 0.25) is 0 Å². The lowest BCUT2D eigenvalue weighted by Gasteiger charge is -2.16. The number of rotatable bonds is 4. The number of para-hydroxylation sites is 3. The molecule has 0 N–H and O–H groups in total. The van der Waals surface area contributed by atoms with E-state index in [0.29, 0.717) is 11.6 Å². The Labute approximate surface area is 275 Å². The second-order valence-electron chi connectivity index (χ2n) is 12.3. The average molecular weight is 618 g/mol. The molecule has 0 radical (unpaired) electrons. The summed E-state index contributed by atoms with van der Waals surface area (Å²) in [5.41, 5.74) is 7.46. The van der Waals surface area contributed by atoms with Gasteiger partial charge in [-0.15, -0.1) is 0 Å². The highest BCUT2D eigenvalue weighted by Gasteiger charge is 2.22. The van der Waals surface area contributed by atoms with Gasteiger partial charge in [0.05, 0.1) is 5.56 Å². The zero-order chi connectivity index (χ0) is 31.6. The predicted octanol–water partition coefficient (Wildman–Crippen LogP) is 11.4. The Balaban J connectivity index is 1.21. The SMILES string of the molecule is C1=CCC(c2nc(-c3ccc(-c4cccc5oc6ccccc6c45)c4ccccc34)nc(-c3cccc4c3oc3ccccc34)n2)C=C1. The van der Waals surface area contributed by atoms with Crippen molar-refractivity contribution in [1.29, 1.82) is 0 Å². The van der Waals surface area contributed by atoms with E-state index >= 15 is 0 Å². The molecule has 0 spiro atoms. The maximum absolute atomic E-state index is 6.43. The van der Waals surface area contributed by atoms with E-state index in [1.165, 1.54) is 0 Å². The molecule has 1 aliphatic rings. The molecule has 10 rings (SSSR count). The number of hydrogen-bond donors (Lipinski definition) is 0. The van der Waals surface area contributed by atoms with Gasteiger partial charge in [-0.3, -0.25) is 0 Å². The minimum absolute atomic E-state index is 0.0443. The van der Waals surface area contributed by atoms with Crippen LogP contribution in [0.4, 0.5) is 0 Å². The summed E-state index contributed by atoms with van der Waals surface area (Å²) in [5, 5.41) is 6.54. The zero-order valence-electron chi connectivity index (χ0n) is 25.8. The molecule has 0 aliphatic heterocycles. The summed E-state index contributed by atoms with van der Waals surface area (Å²) in [6.07, 6.45) is 9.31. The Kier molecular flexibility index (Phi) is 5.93. The highest BCUT2D eigenvalue weighted by Crippen LogP contribution is 2.42. The van der Waals surface area contributed by atoms with Gasteiger partial charge in [-0.25, -0.2) is 15.0 Å². The number of nitrogens with zero attached hydrogens (tertiary/aromatic N) is 3. The summed E-state index contributed by atoms with van der Waals surface area (Å²) in [6.45, 7) is 0. The Morgan fingerprint density at radius 3 is 1.90 bits per heavy atom. The molecule has 3 heterocycles. The first-order chi connectivity index (χ1) is 23.8. The number of hydrogen-bond acceptors (Lipinski definition) is 5. The van der Waals surface area contributed by atoms with Gasteiger partial charge in [0.15, 0.2) is 11.6 Å². The topological polar surface area (TPSA) is 65.0 Å². The van der Waals surface area contributed by atoms with Crippen LogP contribution in [0.15, 0.2) is 154 Å². The third kappa shape index (κ3) is 4.14. The number of furan rings is 2. The molecule has 5 nitrogen and oxygen atoms in total. The normalized spacial score (nSPS) is 14.6. The standard InChI is InChI=1S/C43H27N3O2/c1-2-12-26(13-3-1)41-44-42(46-43(45-41)35-20-10-19-32-30-16-6-8-21-36(30)48-40(32)35)33-25-24-29(27-14-4-5-15-28(27)33)31-18-11-23-38-39(31)34-17-7-9-22-37(34)47-38/h1-12,14-26H,13H2. The summed E-state index contributed by atoms with van der Waals surface area (Å²) in [4.78, 5) is 15.4. The number of aromatic nitrogens is 3. The van der Waals surface area contributed by atoms with Crippen molar-refractivity contribution in [3.05, 3.63) is 151 Å². The van der Waals surface area contributed by atoms with Crippen LogP contribution in [0, 0.1) is 0 Å². The molecule has 1 atom stereocenters. The maximum Gasteiger partial charge on any atom is 0.167 e. The molecule has 0 saturated carbocycles. The van der Waals surface area contributed by atoms with Crippen LogP contribution in [-0.4, -0.2) is 15.0 Å². The maximum atomic E-state index is 6.43. The molecule has 9 aromatic rings. The molecule has 48 heavy (non-hydrogen) atoms. The minimum atomic E-state index is 0.0443. The summed E-state index contributed by atoms with van der Waals surface area (Å²) < 4.78 is 12.7. The lowest BCUT2D eigenvalue weighted by atomic mass is 9.92. The number of fused-ring (bicyclic) bond motifs is 7. The van der Waals surface area contributed by atoms with E-state index in [4.69, 9.17) is 23.8 Å². The van der Waals surface area contributed by atoms with Gasteiger partial charge in [-0.05, 0) is 58.7 Å². The zero-order valence-corrected chi connectivity index (χ0v) is 25.8. The third-order valence-corrected chi connectivity index (χ3v) is 9.47. The van der Waals surface area contributed by atoms with Crippen LogP contribution in [0.1, 0.15) is 18.2 Å². The van der Waals surface area contributed by atoms with E-state index in [1.54, 1.807) is 0 Å². The summed E-state index contributed by atoms with van der Waals surface area (Å²) in [6, 6.07) is 41.7. The second kappa shape index (κ2) is 10.6. The molecule has 226 valence electrons. The molecule has 0 bridgehead atoms. The van der Waals surface area contributed by atoms with Crippen molar-refractivity contribution in [2.75, 3.05) is 0 Å². The molecular weight excluding hydrogens is 590 g/mol. The smallest absolute Gasteiger partial charge is 0.167 e. The number of allylic oxidation sites excluding steroid dienone is 4. The molecular formula is C43H27N3O2. The van der Waals surface area contributed by atoms with Crippen molar-refractivity contribution in [3.8, 4) is 33.9 Å². The highest BCUT2D eigenvalue weighted by molar-refractivity contribution is 6.16. The average Bonchev–Trinajstić information content (AvgIpc) is 3.73. The molecule has 5 heteroatoms. The van der Waals surface area contributed by atoms with Crippen LogP contribution in [0.5, 0.6) is 0 Å². The fourth-order valence-corrected chi connectivity index (χ4v) is 7.22. The molecule has 0 amide bonds. The largest absolute Gasteiger partial charge is 0.456 e. The van der Waals surface area contributed by atoms with E-state index in [1.807, 2.05) is 42.5 Å². The first-order valence-electron chi connectivity index (χ1n) is 16.2. The van der Waals surface area contributed by atoms with Crippen molar-refractivity contribution < 1.29 is 8.83 Å². The van der Waals surface area contributed by atoms with Crippen LogP contribution < -0.4 is 0 Å². The lowest BCUT2D eigenvalue weighted by Crippen LogP contribution is -2.08. The molecule has 3 aromatic heterocycles. The van der Waals surface area contributed by atoms with Gasteiger partial charge in [0.1, 0.15) is 28.2 Å². The molecule has 0 fully saturated rings. The fraction of sp³-hybridized carbons (Fsp3) is 0.0465. The van der Waals surface area contributed by atoms with Gasteiger partial charge in [0, 0.05) is 33.0 Å². The quantitative estimate of drug-likeness (QED) is 0.197. The highest BCUT2D eigenvalue weighted by atomic mass is 16.3. The number of benzene rings is 6. The minimum Gasteiger partial charge on any atom is -0.456 e. The molecule has 6 aromatic carbocycles. The molecule has 1 unspecified atom stereocenters. The summed E-state index contributed by atoms with van der Waals surface area (Å²) >= 11 is 0. The van der Waals surface area contributed by atoms with Crippen molar-refractivity contribution in [2.45, 2.75) is 12.3 Å². The van der Waals surface area contributed by atoms with Crippen molar-refractivity contribution in [1.82, 2.24) is 15.0 Å². The van der Waals surface area contributed by atoms with Crippen LogP contribution in [-0.2, 0) is 0 Å². The summed E-state index contributed by atoms with van der Waals surface area (Å²) in [5.74, 6) is 2.03. The van der Waals surface area contributed by atoms with Crippen LogP contribution >= 0.6 is 0 Å². The predicted molar refractivity (Wildman–Crippen MR) is 194 cm³/mol. The van der Waals surface area contributed by atoms with Gasteiger partial charge in [-0.1, -0.05) is 115 Å².